The van der Waals surface area contributed by atoms with Gasteiger partial charge in [-0.15, -0.1) is 11.3 Å². The van der Waals surface area contributed by atoms with E-state index >= 15 is 0 Å². The molecular weight excluding hydrogens is 203 g/mol. The van der Waals surface area contributed by atoms with E-state index in [2.05, 4.69) is 0 Å². The van der Waals surface area contributed by atoms with Crippen molar-refractivity contribution < 1.29 is 13.9 Å². The van der Waals surface area contributed by atoms with E-state index in [0.29, 0.717) is 0 Å². The summed E-state index contributed by atoms with van der Waals surface area (Å²) in [6.07, 6.45) is 0. The minimum Gasteiger partial charge on any atom is -0.493 e. The predicted molar refractivity (Wildman–Crippen MR) is 54.9 cm³/mol. The number of rotatable bonds is 2. The Morgan fingerprint density at radius 3 is 2.71 bits per heavy atom. The number of fused-ring (bicyclic) bond motifs is 1. The van der Waals surface area contributed by atoms with Crippen LogP contribution in [0.15, 0.2) is 17.5 Å². The highest BCUT2D eigenvalue weighted by atomic mass is 32.1. The van der Waals surface area contributed by atoms with Crippen LogP contribution in [0.1, 0.15) is 0 Å². The van der Waals surface area contributed by atoms with E-state index in [4.69, 9.17) is 9.47 Å². The van der Waals surface area contributed by atoms with E-state index in [1.807, 2.05) is 11.4 Å². The minimum atomic E-state index is -0.444. The summed E-state index contributed by atoms with van der Waals surface area (Å²) in [6, 6.07) is 3.51. The van der Waals surface area contributed by atoms with Crippen LogP contribution in [0, 0.1) is 5.82 Å². The number of ether oxygens (including phenoxy) is 2. The van der Waals surface area contributed by atoms with Gasteiger partial charge in [-0.25, -0.2) is 0 Å². The second-order valence-corrected chi connectivity index (χ2v) is 3.71. The molecule has 0 fully saturated rings. The van der Waals surface area contributed by atoms with Crippen molar-refractivity contribution in [3.05, 3.63) is 23.3 Å². The monoisotopic (exact) mass is 212 g/mol. The van der Waals surface area contributed by atoms with Gasteiger partial charge in [0.25, 0.3) is 0 Å². The summed E-state index contributed by atoms with van der Waals surface area (Å²) < 4.78 is 24.5. The number of benzene rings is 1. The predicted octanol–water partition coefficient (Wildman–Crippen LogP) is 3.06. The smallest absolute Gasteiger partial charge is 0.207 e. The molecule has 0 aliphatic heterocycles. The molecule has 2 nitrogen and oxygen atoms in total. The van der Waals surface area contributed by atoms with Crippen molar-refractivity contribution in [3.63, 3.8) is 0 Å². The fraction of sp³-hybridized carbons (Fsp3) is 0.200. The van der Waals surface area contributed by atoms with Gasteiger partial charge in [-0.2, -0.15) is 4.39 Å². The Balaban J connectivity index is 2.80. The Morgan fingerprint density at radius 2 is 2.07 bits per heavy atom. The standard InChI is InChI=1S/C10H9FO2S/c1-12-7-5-8-6(3-4-14-8)10(13-2)9(7)11/h3-5H,1-2H3. The molecule has 14 heavy (non-hydrogen) atoms. The third-order valence-electron chi connectivity index (χ3n) is 2.04. The van der Waals surface area contributed by atoms with E-state index in [9.17, 15) is 4.39 Å². The Hall–Kier alpha value is -1.29. The molecule has 4 heteroatoms. The molecule has 1 heterocycles. The molecule has 0 saturated carbocycles. The molecule has 2 rings (SSSR count). The zero-order valence-corrected chi connectivity index (χ0v) is 8.65. The quantitative estimate of drug-likeness (QED) is 0.761. The van der Waals surface area contributed by atoms with E-state index in [0.717, 1.165) is 10.1 Å². The minimum absolute atomic E-state index is 0.219. The molecule has 0 bridgehead atoms. The van der Waals surface area contributed by atoms with Crippen LogP contribution in [0.5, 0.6) is 11.5 Å². The van der Waals surface area contributed by atoms with E-state index in [1.54, 1.807) is 6.07 Å². The molecule has 0 N–H and O–H groups in total. The lowest BCUT2D eigenvalue weighted by Crippen LogP contribution is -1.93. The first-order valence-electron chi connectivity index (χ1n) is 4.05. The zero-order chi connectivity index (χ0) is 10.1. The van der Waals surface area contributed by atoms with Crippen molar-refractivity contribution in [3.8, 4) is 11.5 Å². The number of hydrogen-bond acceptors (Lipinski definition) is 3. The Morgan fingerprint density at radius 1 is 1.29 bits per heavy atom. The summed E-state index contributed by atoms with van der Waals surface area (Å²) in [5, 5.41) is 2.68. The summed E-state index contributed by atoms with van der Waals surface area (Å²) in [6.45, 7) is 0. The van der Waals surface area contributed by atoms with Crippen molar-refractivity contribution in [2.45, 2.75) is 0 Å². The lowest BCUT2D eigenvalue weighted by molar-refractivity contribution is 0.354. The fourth-order valence-corrected chi connectivity index (χ4v) is 2.19. The van der Waals surface area contributed by atoms with Gasteiger partial charge in [0.05, 0.1) is 14.2 Å². The molecule has 1 aromatic carbocycles. The normalized spacial score (nSPS) is 10.5. The fourth-order valence-electron chi connectivity index (χ4n) is 1.38. The number of methoxy groups -OCH3 is 2. The third kappa shape index (κ3) is 1.23. The Kier molecular flexibility index (Phi) is 2.29. The van der Waals surface area contributed by atoms with Crippen LogP contribution < -0.4 is 9.47 Å². The molecule has 0 spiro atoms. The second-order valence-electron chi connectivity index (χ2n) is 2.76. The van der Waals surface area contributed by atoms with Gasteiger partial charge < -0.3 is 9.47 Å². The van der Waals surface area contributed by atoms with E-state index in [-0.39, 0.29) is 11.5 Å². The maximum absolute atomic E-state index is 13.6. The lowest BCUT2D eigenvalue weighted by Gasteiger charge is -2.07. The van der Waals surface area contributed by atoms with E-state index in [1.165, 1.54) is 25.6 Å². The van der Waals surface area contributed by atoms with Gasteiger partial charge in [0.2, 0.25) is 5.82 Å². The number of hydrogen-bond donors (Lipinski definition) is 0. The maximum atomic E-state index is 13.6. The van der Waals surface area contributed by atoms with Crippen LogP contribution in [0.25, 0.3) is 10.1 Å². The van der Waals surface area contributed by atoms with Crippen molar-refractivity contribution in [2.75, 3.05) is 14.2 Å². The Bertz CT molecular complexity index is 464. The van der Waals surface area contributed by atoms with Crippen LogP contribution in [0.3, 0.4) is 0 Å². The van der Waals surface area contributed by atoms with Crippen LogP contribution in [0.4, 0.5) is 4.39 Å². The van der Waals surface area contributed by atoms with Gasteiger partial charge in [0, 0.05) is 16.2 Å². The maximum Gasteiger partial charge on any atom is 0.207 e. The van der Waals surface area contributed by atoms with Crippen molar-refractivity contribution >= 4 is 21.4 Å². The highest BCUT2D eigenvalue weighted by Crippen LogP contribution is 2.37. The third-order valence-corrected chi connectivity index (χ3v) is 2.91. The average Bonchev–Trinajstić information content (AvgIpc) is 2.64. The first-order valence-corrected chi connectivity index (χ1v) is 4.93. The molecule has 2 aromatic rings. The van der Waals surface area contributed by atoms with Gasteiger partial charge >= 0.3 is 0 Å². The van der Waals surface area contributed by atoms with Crippen LogP contribution in [0.2, 0.25) is 0 Å². The average molecular weight is 212 g/mol. The summed E-state index contributed by atoms with van der Waals surface area (Å²) in [7, 11) is 2.90. The molecular formula is C10H9FO2S. The summed E-state index contributed by atoms with van der Waals surface area (Å²) in [5.41, 5.74) is 0. The molecule has 0 atom stereocenters. The molecule has 0 amide bonds. The highest BCUT2D eigenvalue weighted by Gasteiger charge is 2.14. The van der Waals surface area contributed by atoms with Gasteiger partial charge in [0.15, 0.2) is 11.5 Å². The van der Waals surface area contributed by atoms with Crippen molar-refractivity contribution in [2.24, 2.45) is 0 Å². The number of halogens is 1. The van der Waals surface area contributed by atoms with Crippen LogP contribution in [-0.2, 0) is 0 Å². The lowest BCUT2D eigenvalue weighted by atomic mass is 10.2. The molecule has 0 aliphatic rings. The molecule has 74 valence electrons. The largest absolute Gasteiger partial charge is 0.493 e. The molecule has 0 saturated heterocycles. The molecule has 0 radical (unpaired) electrons. The zero-order valence-electron chi connectivity index (χ0n) is 7.83. The summed E-state index contributed by atoms with van der Waals surface area (Å²) in [5.74, 6) is 0.0262. The second kappa shape index (κ2) is 3.46. The molecule has 0 aliphatic carbocycles. The number of thiophene rings is 1. The van der Waals surface area contributed by atoms with Crippen LogP contribution in [-0.4, -0.2) is 14.2 Å². The van der Waals surface area contributed by atoms with E-state index < -0.39 is 5.82 Å². The van der Waals surface area contributed by atoms with Gasteiger partial charge in [-0.1, -0.05) is 0 Å². The Labute approximate surface area is 84.9 Å². The van der Waals surface area contributed by atoms with Crippen LogP contribution >= 0.6 is 11.3 Å². The highest BCUT2D eigenvalue weighted by molar-refractivity contribution is 7.17. The molecule has 0 unspecified atom stereocenters. The van der Waals surface area contributed by atoms with Gasteiger partial charge in [0.1, 0.15) is 0 Å². The summed E-state index contributed by atoms with van der Waals surface area (Å²) >= 11 is 1.53. The first kappa shape index (κ1) is 9.27. The van der Waals surface area contributed by atoms with Crippen molar-refractivity contribution in [1.29, 1.82) is 0 Å². The van der Waals surface area contributed by atoms with Gasteiger partial charge in [-0.3, -0.25) is 0 Å². The topological polar surface area (TPSA) is 18.5 Å². The van der Waals surface area contributed by atoms with Gasteiger partial charge in [-0.05, 0) is 11.4 Å². The summed E-state index contributed by atoms with van der Waals surface area (Å²) in [4.78, 5) is 0. The molecule has 1 aromatic heterocycles. The SMILES string of the molecule is COc1cc2sccc2c(OC)c1F. The first-order chi connectivity index (χ1) is 6.77. The van der Waals surface area contributed by atoms with Crippen molar-refractivity contribution in [1.82, 2.24) is 0 Å².